The number of nitrogens with zero attached hydrogens (tertiary/aromatic N) is 3. The van der Waals surface area contributed by atoms with Crippen molar-refractivity contribution in [2.45, 2.75) is 0 Å². The number of hydrogen-bond acceptors (Lipinski definition) is 15. The fourth-order valence-corrected chi connectivity index (χ4v) is 11.9. The van der Waals surface area contributed by atoms with Gasteiger partial charge in [0, 0.05) is 0 Å². The fraction of sp³-hybridized carbons (Fsp3) is 0. The van der Waals surface area contributed by atoms with Crippen LogP contribution in [0.3, 0.4) is 0 Å². The Labute approximate surface area is 314 Å². The summed E-state index contributed by atoms with van der Waals surface area (Å²) < 4.78 is 8.66. The van der Waals surface area contributed by atoms with Gasteiger partial charge in [-0.15, -0.1) is 5.25 Å². The Morgan fingerprint density at radius 3 is 1.13 bits per heavy atom. The minimum absolute atomic E-state index is 0.515. The van der Waals surface area contributed by atoms with Gasteiger partial charge in [0.2, 0.25) is 16.7 Å². The van der Waals surface area contributed by atoms with Gasteiger partial charge in [-0.05, 0) is 72.8 Å². The predicted molar refractivity (Wildman–Crippen MR) is 208 cm³/mol. The van der Waals surface area contributed by atoms with Crippen molar-refractivity contribution in [1.82, 2.24) is 41.3 Å². The van der Waals surface area contributed by atoms with Crippen molar-refractivity contribution in [3.05, 3.63) is 182 Å². The molecule has 0 saturated carbocycles. The van der Waals surface area contributed by atoms with Crippen LogP contribution < -0.4 is 61.2 Å². The van der Waals surface area contributed by atoms with E-state index in [1.54, 1.807) is 9.10 Å². The van der Waals surface area contributed by atoms with Gasteiger partial charge in [0.1, 0.15) is 34.5 Å². The van der Waals surface area contributed by atoms with Crippen LogP contribution in [-0.2, 0) is 0 Å². The summed E-state index contributed by atoms with van der Waals surface area (Å²) in [4.78, 5) is 37.2. The highest BCUT2D eigenvalue weighted by atomic mass is 31.3. The SMILES string of the molecule is c1ccc(ONN2P(NOc3ccccc3)N=P(NOc3ccccc3)(NOc3ccccc3)N(NOc3ccccc3)P2NOc2ccccc2)cc1. The lowest BCUT2D eigenvalue weighted by atomic mass is 10.3. The second-order valence-electron chi connectivity index (χ2n) is 10.9. The minimum Gasteiger partial charge on any atom is -0.402 e. The molecule has 6 aromatic rings. The zero-order chi connectivity index (χ0) is 36.7. The quantitative estimate of drug-likeness (QED) is 0.0367. The van der Waals surface area contributed by atoms with Crippen LogP contribution in [0, 0.1) is 0 Å². The summed E-state index contributed by atoms with van der Waals surface area (Å²) in [7, 11) is -7.50. The molecule has 0 spiro atoms. The lowest BCUT2D eigenvalue weighted by molar-refractivity contribution is 0.0801. The van der Waals surface area contributed by atoms with E-state index in [0.29, 0.717) is 34.5 Å². The van der Waals surface area contributed by atoms with E-state index in [0.717, 1.165) is 0 Å². The van der Waals surface area contributed by atoms with Gasteiger partial charge in [-0.1, -0.05) is 145 Å². The third-order valence-electron chi connectivity index (χ3n) is 7.05. The van der Waals surface area contributed by atoms with E-state index < -0.39 is 24.3 Å². The second kappa shape index (κ2) is 19.3. The maximum absolute atomic E-state index is 6.25. The van der Waals surface area contributed by atoms with Crippen molar-refractivity contribution < 1.29 is 29.0 Å². The molecule has 0 aromatic heterocycles. The van der Waals surface area contributed by atoms with E-state index in [2.05, 4.69) is 32.2 Å². The van der Waals surface area contributed by atoms with E-state index in [4.69, 9.17) is 33.5 Å². The maximum Gasteiger partial charge on any atom is 0.256 e. The van der Waals surface area contributed by atoms with Crippen molar-refractivity contribution in [3.63, 3.8) is 0 Å². The highest BCUT2D eigenvalue weighted by Gasteiger charge is 2.50. The first-order chi connectivity index (χ1) is 26.7. The zero-order valence-electron chi connectivity index (χ0n) is 28.5. The van der Waals surface area contributed by atoms with Crippen LogP contribution in [0.1, 0.15) is 0 Å². The van der Waals surface area contributed by atoms with Crippen molar-refractivity contribution >= 4 is 24.3 Å². The molecule has 1 heterocycles. The van der Waals surface area contributed by atoms with E-state index in [-0.39, 0.29) is 0 Å². The first-order valence-corrected chi connectivity index (χ1v) is 20.6. The molecule has 1 aliphatic heterocycles. The molecule has 54 heavy (non-hydrogen) atoms. The number of nitrogens with one attached hydrogen (secondary N) is 6. The maximum atomic E-state index is 6.25. The number of hydrogen-bond donors (Lipinski definition) is 6. The molecule has 2 unspecified atom stereocenters. The van der Waals surface area contributed by atoms with Crippen LogP contribution in [0.25, 0.3) is 0 Å². The van der Waals surface area contributed by atoms with Gasteiger partial charge >= 0.3 is 0 Å². The standard InChI is InChI=1S/C36H36N9O6P3/c1-7-19-31(20-8-1)46-37-44-52(39-48-33-23-11-3-12-24-33)43-54(41-50-35-27-15-5-16-28-35,42-51-36-29-17-6-18-30-36)45(38-47-32-21-9-2-10-22-32)53(44)40-49-34-25-13-4-14-26-34/h1-30,37-42H. The molecule has 1 aliphatic rings. The van der Waals surface area contributed by atoms with Crippen molar-refractivity contribution in [2.24, 2.45) is 4.52 Å². The summed E-state index contributed by atoms with van der Waals surface area (Å²) in [6, 6.07) is 55.5. The smallest absolute Gasteiger partial charge is 0.256 e. The Kier molecular flexibility index (Phi) is 13.3. The molecule has 6 aromatic carbocycles. The first-order valence-electron chi connectivity index (χ1n) is 16.5. The van der Waals surface area contributed by atoms with Gasteiger partial charge in [-0.25, -0.2) is 0 Å². The van der Waals surface area contributed by atoms with Crippen LogP contribution in [0.5, 0.6) is 34.5 Å². The van der Waals surface area contributed by atoms with E-state index in [1.807, 2.05) is 182 Å². The average Bonchev–Trinajstić information content (AvgIpc) is 3.25. The van der Waals surface area contributed by atoms with Gasteiger partial charge in [-0.2, -0.15) is 4.52 Å². The van der Waals surface area contributed by atoms with E-state index >= 15 is 0 Å². The molecule has 0 radical (unpaired) electrons. The summed E-state index contributed by atoms with van der Waals surface area (Å²) in [6.07, 6.45) is 0. The van der Waals surface area contributed by atoms with Gasteiger partial charge < -0.3 is 29.0 Å². The van der Waals surface area contributed by atoms with Gasteiger partial charge in [0.15, 0.2) is 0 Å². The average molecular weight is 784 g/mol. The molecule has 15 nitrogen and oxygen atoms in total. The van der Waals surface area contributed by atoms with E-state index in [1.165, 1.54) is 0 Å². The van der Waals surface area contributed by atoms with Crippen LogP contribution in [0.2, 0.25) is 0 Å². The van der Waals surface area contributed by atoms with Crippen LogP contribution in [0.4, 0.5) is 0 Å². The monoisotopic (exact) mass is 783 g/mol. The molecular formula is C36H36N9O6P3. The summed E-state index contributed by atoms with van der Waals surface area (Å²) in [5.41, 5.74) is 6.18. The molecule has 0 saturated heterocycles. The molecular weight excluding hydrogens is 747 g/mol. The Morgan fingerprint density at radius 2 is 0.722 bits per heavy atom. The summed E-state index contributed by atoms with van der Waals surface area (Å²) in [5, 5.41) is 12.8. The molecule has 2 atom stereocenters. The first kappa shape index (κ1) is 37.2. The third kappa shape index (κ3) is 10.3. The van der Waals surface area contributed by atoms with Crippen LogP contribution in [0.15, 0.2) is 187 Å². The molecule has 276 valence electrons. The second-order valence-corrected chi connectivity index (χ2v) is 16.9. The molecule has 0 fully saturated rings. The predicted octanol–water partition coefficient (Wildman–Crippen LogP) is 8.34. The highest BCUT2D eigenvalue weighted by molar-refractivity contribution is 7.81. The Morgan fingerprint density at radius 1 is 0.389 bits per heavy atom. The molecule has 0 amide bonds. The Balaban J connectivity index is 1.34. The zero-order valence-corrected chi connectivity index (χ0v) is 31.1. The highest BCUT2D eigenvalue weighted by Crippen LogP contribution is 2.70. The van der Waals surface area contributed by atoms with Crippen LogP contribution >= 0.6 is 24.3 Å². The molecule has 0 aliphatic carbocycles. The lowest BCUT2D eigenvalue weighted by Gasteiger charge is -2.47. The van der Waals surface area contributed by atoms with Gasteiger partial charge in [-0.3, -0.25) is 0 Å². The number of benzene rings is 6. The Hall–Kier alpha value is -5.11. The number of para-hydroxylation sites is 6. The van der Waals surface area contributed by atoms with Crippen molar-refractivity contribution in [3.8, 4) is 34.5 Å². The third-order valence-corrected chi connectivity index (χ3v) is 14.2. The summed E-state index contributed by atoms with van der Waals surface area (Å²) in [5.74, 6) is 3.18. The van der Waals surface area contributed by atoms with Crippen molar-refractivity contribution in [2.75, 3.05) is 0 Å². The number of hydrazine groups is 2. The molecule has 7 rings (SSSR count). The largest absolute Gasteiger partial charge is 0.402 e. The fourth-order valence-electron chi connectivity index (χ4n) is 4.46. The summed E-state index contributed by atoms with van der Waals surface area (Å²) in [6.45, 7) is 0. The van der Waals surface area contributed by atoms with Crippen LogP contribution in [-0.4, -0.2) is 9.10 Å². The topological polar surface area (TPSA) is 146 Å². The number of rotatable bonds is 18. The minimum atomic E-state index is -3.54. The van der Waals surface area contributed by atoms with Crippen molar-refractivity contribution in [1.29, 1.82) is 0 Å². The lowest BCUT2D eigenvalue weighted by Crippen LogP contribution is -2.53. The Bertz CT molecular complexity index is 1990. The summed E-state index contributed by atoms with van der Waals surface area (Å²) >= 11 is 0. The van der Waals surface area contributed by atoms with Gasteiger partial charge in [0.05, 0.1) is 0 Å². The van der Waals surface area contributed by atoms with Gasteiger partial charge in [0.25, 0.3) is 7.51 Å². The normalized spacial score (nSPS) is 16.7. The van der Waals surface area contributed by atoms with E-state index in [9.17, 15) is 0 Å². The molecule has 0 bridgehead atoms. The molecule has 6 N–H and O–H groups in total. The molecule has 18 heteroatoms.